The predicted octanol–water partition coefficient (Wildman–Crippen LogP) is 8.30. The maximum Gasteiger partial charge on any atom is 0.255 e. The molecule has 3 aromatic carbocycles. The van der Waals surface area contributed by atoms with Crippen LogP contribution in [0.3, 0.4) is 0 Å². The SMILES string of the molecule is CC(C)(CCC(C)(C)[Si](C)(C)O)NC(=O)c1cn(C(c2ccccc2)(c2ccccc2)c2ccccc2)c2ncc(Br)nc12. The number of fused-ring (bicyclic) bond motifs is 1. The molecule has 44 heavy (non-hydrogen) atoms. The van der Waals surface area contributed by atoms with Gasteiger partial charge in [0.05, 0.1) is 11.8 Å². The van der Waals surface area contributed by atoms with Crippen LogP contribution >= 0.6 is 15.9 Å². The molecule has 0 aliphatic rings. The highest BCUT2D eigenvalue weighted by molar-refractivity contribution is 9.10. The summed E-state index contributed by atoms with van der Waals surface area (Å²) in [6, 6.07) is 31.0. The van der Waals surface area contributed by atoms with Gasteiger partial charge in [-0.05, 0) is 77.4 Å². The van der Waals surface area contributed by atoms with Crippen molar-refractivity contribution in [2.24, 2.45) is 0 Å². The first-order valence-corrected chi connectivity index (χ1v) is 18.8. The van der Waals surface area contributed by atoms with Gasteiger partial charge in [-0.1, -0.05) is 105 Å². The molecule has 5 rings (SSSR count). The molecular weight excluding hydrogens is 628 g/mol. The fourth-order valence-corrected chi connectivity index (χ4v) is 6.73. The lowest BCUT2D eigenvalue weighted by Crippen LogP contribution is -2.46. The van der Waals surface area contributed by atoms with Crippen LogP contribution in [0.25, 0.3) is 11.2 Å². The van der Waals surface area contributed by atoms with Crippen molar-refractivity contribution in [2.45, 2.75) is 69.7 Å². The number of halogens is 1. The molecule has 0 saturated carbocycles. The zero-order valence-electron chi connectivity index (χ0n) is 26.3. The number of carbonyl (C=O) groups excluding carboxylic acids is 1. The van der Waals surface area contributed by atoms with E-state index in [0.29, 0.717) is 21.3 Å². The first kappa shape index (κ1) is 31.8. The average Bonchev–Trinajstić information content (AvgIpc) is 3.37. The Bertz CT molecular complexity index is 1650. The van der Waals surface area contributed by atoms with Crippen LogP contribution in [0.15, 0.2) is 108 Å². The van der Waals surface area contributed by atoms with Gasteiger partial charge in [0.25, 0.3) is 5.91 Å². The first-order chi connectivity index (χ1) is 20.8. The molecule has 0 radical (unpaired) electrons. The average molecular weight is 670 g/mol. The second-order valence-electron chi connectivity index (χ2n) is 13.4. The molecule has 0 fully saturated rings. The Kier molecular flexibility index (Phi) is 8.73. The number of benzene rings is 3. The lowest BCUT2D eigenvalue weighted by atomic mass is 9.76. The van der Waals surface area contributed by atoms with Crippen molar-refractivity contribution in [1.29, 1.82) is 0 Å². The van der Waals surface area contributed by atoms with Crippen molar-refractivity contribution in [3.8, 4) is 0 Å². The number of amides is 1. The third kappa shape index (κ3) is 6.03. The Morgan fingerprint density at radius 1 is 0.841 bits per heavy atom. The topological polar surface area (TPSA) is 80.0 Å². The summed E-state index contributed by atoms with van der Waals surface area (Å²) in [5.74, 6) is -0.215. The van der Waals surface area contributed by atoms with Crippen LogP contribution in [0.5, 0.6) is 0 Å². The Hall–Kier alpha value is -3.59. The lowest BCUT2D eigenvalue weighted by molar-refractivity contribution is 0.0908. The van der Waals surface area contributed by atoms with E-state index < -0.39 is 19.4 Å². The van der Waals surface area contributed by atoms with Crippen LogP contribution in [-0.2, 0) is 5.54 Å². The molecule has 5 aromatic rings. The van der Waals surface area contributed by atoms with Gasteiger partial charge in [-0.25, -0.2) is 9.97 Å². The molecule has 2 heterocycles. The molecule has 0 bridgehead atoms. The molecule has 0 atom stereocenters. The summed E-state index contributed by atoms with van der Waals surface area (Å²) in [6.07, 6.45) is 5.10. The van der Waals surface area contributed by atoms with E-state index in [2.05, 4.69) is 76.1 Å². The van der Waals surface area contributed by atoms with Gasteiger partial charge in [-0.3, -0.25) is 4.79 Å². The van der Waals surface area contributed by atoms with Crippen molar-refractivity contribution in [3.05, 3.63) is 130 Å². The minimum atomic E-state index is -2.39. The number of hydrogen-bond donors (Lipinski definition) is 2. The van der Waals surface area contributed by atoms with E-state index in [9.17, 15) is 9.59 Å². The van der Waals surface area contributed by atoms with Gasteiger partial charge in [0.15, 0.2) is 14.0 Å². The summed E-state index contributed by atoms with van der Waals surface area (Å²) >= 11 is 3.50. The quantitative estimate of drug-likeness (QED) is 0.116. The van der Waals surface area contributed by atoms with Crippen molar-refractivity contribution >= 4 is 41.3 Å². The molecule has 6 nitrogen and oxygen atoms in total. The Labute approximate surface area is 269 Å². The van der Waals surface area contributed by atoms with Gasteiger partial charge in [-0.15, -0.1) is 0 Å². The number of carbonyl (C=O) groups is 1. The highest BCUT2D eigenvalue weighted by atomic mass is 79.9. The number of aromatic nitrogens is 3. The second-order valence-corrected chi connectivity index (χ2v) is 18.7. The van der Waals surface area contributed by atoms with Crippen LogP contribution < -0.4 is 5.32 Å². The van der Waals surface area contributed by atoms with Crippen molar-refractivity contribution in [2.75, 3.05) is 0 Å². The first-order valence-electron chi connectivity index (χ1n) is 15.0. The van der Waals surface area contributed by atoms with Crippen LogP contribution in [0.4, 0.5) is 0 Å². The van der Waals surface area contributed by atoms with Gasteiger partial charge >= 0.3 is 0 Å². The van der Waals surface area contributed by atoms with Crippen LogP contribution in [0.1, 0.15) is 67.6 Å². The van der Waals surface area contributed by atoms with Gasteiger partial charge in [0, 0.05) is 11.7 Å². The summed E-state index contributed by atoms with van der Waals surface area (Å²) < 4.78 is 2.66. The molecule has 1 amide bonds. The summed E-state index contributed by atoms with van der Waals surface area (Å²) in [4.78, 5) is 34.7. The summed E-state index contributed by atoms with van der Waals surface area (Å²) in [5, 5.41) is 3.10. The number of nitrogens with one attached hydrogen (secondary N) is 1. The van der Waals surface area contributed by atoms with E-state index in [4.69, 9.17) is 9.97 Å². The van der Waals surface area contributed by atoms with Gasteiger partial charge < -0.3 is 14.7 Å². The molecule has 228 valence electrons. The summed E-state index contributed by atoms with van der Waals surface area (Å²) in [6.45, 7) is 12.3. The van der Waals surface area contributed by atoms with E-state index >= 15 is 0 Å². The second kappa shape index (κ2) is 12.1. The molecule has 0 saturated heterocycles. The Morgan fingerprint density at radius 2 is 1.32 bits per heavy atom. The molecule has 2 N–H and O–H groups in total. The number of rotatable bonds is 10. The molecule has 0 aliphatic heterocycles. The molecule has 0 spiro atoms. The van der Waals surface area contributed by atoms with E-state index in [1.165, 1.54) is 0 Å². The van der Waals surface area contributed by atoms with Crippen molar-refractivity contribution < 1.29 is 9.59 Å². The van der Waals surface area contributed by atoms with Crippen LogP contribution in [-0.4, -0.2) is 39.1 Å². The van der Waals surface area contributed by atoms with E-state index in [1.807, 2.05) is 87.7 Å². The third-order valence-corrected chi connectivity index (χ3v) is 13.1. The zero-order chi connectivity index (χ0) is 31.8. The van der Waals surface area contributed by atoms with Crippen LogP contribution in [0.2, 0.25) is 18.1 Å². The fraction of sp³-hybridized carbons (Fsp3) is 0.306. The third-order valence-electron chi connectivity index (χ3n) is 9.13. The van der Waals surface area contributed by atoms with Gasteiger partial charge in [-0.2, -0.15) is 0 Å². The monoisotopic (exact) mass is 668 g/mol. The van der Waals surface area contributed by atoms with E-state index in [0.717, 1.165) is 29.5 Å². The predicted molar refractivity (Wildman–Crippen MR) is 184 cm³/mol. The Morgan fingerprint density at radius 3 is 1.77 bits per heavy atom. The maximum atomic E-state index is 14.2. The van der Waals surface area contributed by atoms with E-state index in [1.54, 1.807) is 6.20 Å². The molecule has 0 unspecified atom stereocenters. The minimum Gasteiger partial charge on any atom is -0.432 e. The number of nitrogens with zero attached hydrogens (tertiary/aromatic N) is 3. The minimum absolute atomic E-state index is 0.192. The summed E-state index contributed by atoms with van der Waals surface area (Å²) in [7, 11) is -2.39. The highest BCUT2D eigenvalue weighted by Gasteiger charge is 2.42. The highest BCUT2D eigenvalue weighted by Crippen LogP contribution is 2.44. The molecule has 0 aliphatic carbocycles. The van der Waals surface area contributed by atoms with Crippen LogP contribution in [0, 0.1) is 0 Å². The normalized spacial score (nSPS) is 12.8. The van der Waals surface area contributed by atoms with Crippen molar-refractivity contribution in [3.63, 3.8) is 0 Å². The van der Waals surface area contributed by atoms with E-state index in [-0.39, 0.29) is 10.9 Å². The smallest absolute Gasteiger partial charge is 0.255 e. The maximum absolute atomic E-state index is 14.2. The standard InChI is InChI=1S/C36H41BrN4O2Si/c1-34(2,22-23-35(3,4)44(5,6)43)40-33(42)29-25-41(32-31(29)39-30(37)24-38-32)36(26-16-10-7-11-17-26,27-18-12-8-13-19-27)28-20-14-9-15-21-28/h7-21,24-25,43H,22-23H2,1-6H3,(H,40,42). The number of hydrogen-bond acceptors (Lipinski definition) is 4. The largest absolute Gasteiger partial charge is 0.432 e. The van der Waals surface area contributed by atoms with Crippen molar-refractivity contribution in [1.82, 2.24) is 19.9 Å². The lowest BCUT2D eigenvalue weighted by Gasteiger charge is -2.38. The zero-order valence-corrected chi connectivity index (χ0v) is 28.9. The summed E-state index contributed by atoms with van der Waals surface area (Å²) in [5.41, 5.74) is 3.30. The molecule has 8 heteroatoms. The van der Waals surface area contributed by atoms with Gasteiger partial charge in [0.2, 0.25) is 0 Å². The van der Waals surface area contributed by atoms with Gasteiger partial charge in [0.1, 0.15) is 15.7 Å². The Balaban J connectivity index is 1.70. The fourth-order valence-electron chi connectivity index (χ4n) is 5.71. The molecule has 2 aromatic heterocycles. The molecular formula is C36H41BrN4O2Si.